The first kappa shape index (κ1) is 13.7. The zero-order valence-electron chi connectivity index (χ0n) is 10.7. The Labute approximate surface area is 120 Å². The van der Waals surface area contributed by atoms with Crippen LogP contribution in [0.2, 0.25) is 0 Å². The summed E-state index contributed by atoms with van der Waals surface area (Å²) >= 11 is 5.16. The third kappa shape index (κ3) is 2.99. The Morgan fingerprint density at radius 3 is 2.61 bits per heavy atom. The Morgan fingerprint density at radius 2 is 2.00 bits per heavy atom. The first-order valence-electron chi connectivity index (χ1n) is 5.96. The topological polar surface area (TPSA) is 22.1 Å². The van der Waals surface area contributed by atoms with Crippen LogP contribution in [0.1, 0.15) is 29.8 Å². The maximum absolute atomic E-state index is 5.59. The van der Waals surface area contributed by atoms with Crippen LogP contribution in [0.3, 0.4) is 0 Å². The van der Waals surface area contributed by atoms with Gasteiger partial charge in [-0.25, -0.2) is 4.98 Å². The van der Waals surface area contributed by atoms with Gasteiger partial charge in [0.15, 0.2) is 0 Å². The van der Waals surface area contributed by atoms with Crippen LogP contribution in [0.4, 0.5) is 0 Å². The predicted octanol–water partition coefficient (Wildman–Crippen LogP) is 4.98. The van der Waals surface area contributed by atoms with Gasteiger partial charge in [-0.1, -0.05) is 28.1 Å². The molecule has 2 rings (SSSR count). The van der Waals surface area contributed by atoms with Crippen LogP contribution >= 0.6 is 27.3 Å². The highest BCUT2D eigenvalue weighted by Gasteiger charge is 2.14. The number of hydrogen-bond donors (Lipinski definition) is 0. The van der Waals surface area contributed by atoms with Crippen LogP contribution in [0, 0.1) is 6.92 Å². The van der Waals surface area contributed by atoms with Gasteiger partial charge in [0.05, 0.1) is 5.69 Å². The van der Waals surface area contributed by atoms with Gasteiger partial charge < -0.3 is 4.74 Å². The lowest BCUT2D eigenvalue weighted by Crippen LogP contribution is -1.98. The molecular formula is C14H16BrNOS. The number of benzene rings is 1. The minimum absolute atomic E-state index is 0.0721. The molecule has 1 unspecified atom stereocenters. The normalized spacial score (nSPS) is 12.7. The highest BCUT2D eigenvalue weighted by molar-refractivity contribution is 9.10. The standard InChI is InChI=1S/C14H16BrNOS/c1-4-17-9(2)14-16-13(10(3)18-14)11-5-7-12(15)8-6-11/h5-9H,4H2,1-3H3. The number of thiazole rings is 1. The molecule has 0 spiro atoms. The Kier molecular flexibility index (Phi) is 4.54. The van der Waals surface area contributed by atoms with E-state index in [1.807, 2.05) is 26.0 Å². The van der Waals surface area contributed by atoms with Crippen LogP contribution in [0.25, 0.3) is 11.3 Å². The molecule has 0 aliphatic carbocycles. The Bertz CT molecular complexity index is 521. The van der Waals surface area contributed by atoms with E-state index in [9.17, 15) is 0 Å². The number of halogens is 1. The Hall–Kier alpha value is -0.710. The largest absolute Gasteiger partial charge is 0.372 e. The van der Waals surface area contributed by atoms with Gasteiger partial charge in [0.2, 0.25) is 0 Å². The first-order valence-corrected chi connectivity index (χ1v) is 7.57. The van der Waals surface area contributed by atoms with Crippen molar-refractivity contribution < 1.29 is 4.74 Å². The molecule has 0 aliphatic heterocycles. The summed E-state index contributed by atoms with van der Waals surface area (Å²) in [5.41, 5.74) is 2.22. The summed E-state index contributed by atoms with van der Waals surface area (Å²) in [4.78, 5) is 5.94. The molecule has 2 nitrogen and oxygen atoms in total. The van der Waals surface area contributed by atoms with Crippen molar-refractivity contribution in [3.8, 4) is 11.3 Å². The molecule has 0 fully saturated rings. The lowest BCUT2D eigenvalue weighted by atomic mass is 10.1. The van der Waals surface area contributed by atoms with Crippen LogP contribution in [-0.2, 0) is 4.74 Å². The average Bonchev–Trinajstić information content (AvgIpc) is 2.73. The van der Waals surface area contributed by atoms with Crippen LogP contribution in [0.15, 0.2) is 28.7 Å². The fraction of sp³-hybridized carbons (Fsp3) is 0.357. The fourth-order valence-electron chi connectivity index (χ4n) is 1.79. The van der Waals surface area contributed by atoms with E-state index in [1.54, 1.807) is 11.3 Å². The molecule has 0 N–H and O–H groups in total. The molecule has 0 bridgehead atoms. The number of nitrogens with zero attached hydrogens (tertiary/aromatic N) is 1. The zero-order chi connectivity index (χ0) is 13.1. The summed E-state index contributed by atoms with van der Waals surface area (Å²) in [6.45, 7) is 6.88. The second-order valence-corrected chi connectivity index (χ2v) is 6.21. The van der Waals surface area contributed by atoms with E-state index < -0.39 is 0 Å². The highest BCUT2D eigenvalue weighted by Crippen LogP contribution is 2.32. The zero-order valence-corrected chi connectivity index (χ0v) is 13.1. The van der Waals surface area contributed by atoms with Gasteiger partial charge in [-0.05, 0) is 32.9 Å². The van der Waals surface area contributed by atoms with Crippen molar-refractivity contribution in [3.05, 3.63) is 38.6 Å². The van der Waals surface area contributed by atoms with E-state index in [1.165, 1.54) is 4.88 Å². The number of aryl methyl sites for hydroxylation is 1. The van der Waals surface area contributed by atoms with Gasteiger partial charge in [0, 0.05) is 21.5 Å². The number of aromatic nitrogens is 1. The number of ether oxygens (including phenoxy) is 1. The van der Waals surface area contributed by atoms with E-state index in [2.05, 4.69) is 35.0 Å². The van der Waals surface area contributed by atoms with Gasteiger partial charge in [0.25, 0.3) is 0 Å². The summed E-state index contributed by atoms with van der Waals surface area (Å²) in [5.74, 6) is 0. The molecular weight excluding hydrogens is 310 g/mol. The van der Waals surface area contributed by atoms with Crippen LogP contribution < -0.4 is 0 Å². The maximum Gasteiger partial charge on any atom is 0.122 e. The van der Waals surface area contributed by atoms with E-state index in [4.69, 9.17) is 9.72 Å². The van der Waals surface area contributed by atoms with Crippen molar-refractivity contribution >= 4 is 27.3 Å². The second-order valence-electron chi connectivity index (χ2n) is 4.06. The number of hydrogen-bond acceptors (Lipinski definition) is 3. The Morgan fingerprint density at radius 1 is 1.33 bits per heavy atom. The lowest BCUT2D eigenvalue weighted by Gasteiger charge is -2.06. The van der Waals surface area contributed by atoms with Crippen molar-refractivity contribution in [1.82, 2.24) is 4.98 Å². The van der Waals surface area contributed by atoms with Crippen molar-refractivity contribution in [1.29, 1.82) is 0 Å². The quantitative estimate of drug-likeness (QED) is 0.791. The minimum Gasteiger partial charge on any atom is -0.372 e. The maximum atomic E-state index is 5.59. The van der Waals surface area contributed by atoms with Crippen LogP contribution in [-0.4, -0.2) is 11.6 Å². The fourth-order valence-corrected chi connectivity index (χ4v) is 3.00. The molecule has 2 aromatic rings. The summed E-state index contributed by atoms with van der Waals surface area (Å²) in [7, 11) is 0. The first-order chi connectivity index (χ1) is 8.61. The van der Waals surface area contributed by atoms with E-state index >= 15 is 0 Å². The van der Waals surface area contributed by atoms with Gasteiger partial charge >= 0.3 is 0 Å². The molecule has 0 aliphatic rings. The monoisotopic (exact) mass is 325 g/mol. The average molecular weight is 326 g/mol. The molecule has 0 radical (unpaired) electrons. The van der Waals surface area contributed by atoms with Crippen molar-refractivity contribution in [2.45, 2.75) is 26.9 Å². The molecule has 0 amide bonds. The van der Waals surface area contributed by atoms with Gasteiger partial charge in [-0.2, -0.15) is 0 Å². The predicted molar refractivity (Wildman–Crippen MR) is 80.0 cm³/mol. The van der Waals surface area contributed by atoms with Crippen molar-refractivity contribution in [2.75, 3.05) is 6.61 Å². The molecule has 96 valence electrons. The summed E-state index contributed by atoms with van der Waals surface area (Å²) in [5, 5.41) is 1.05. The summed E-state index contributed by atoms with van der Waals surface area (Å²) < 4.78 is 6.68. The van der Waals surface area contributed by atoms with Crippen molar-refractivity contribution in [3.63, 3.8) is 0 Å². The third-order valence-electron chi connectivity index (χ3n) is 2.70. The third-order valence-corrected chi connectivity index (χ3v) is 4.36. The molecule has 0 saturated heterocycles. The molecule has 1 atom stereocenters. The number of rotatable bonds is 4. The lowest BCUT2D eigenvalue weighted by molar-refractivity contribution is 0.0762. The SMILES string of the molecule is CCOC(C)c1nc(-c2ccc(Br)cc2)c(C)s1. The minimum atomic E-state index is 0.0721. The smallest absolute Gasteiger partial charge is 0.122 e. The van der Waals surface area contributed by atoms with Gasteiger partial charge in [-0.15, -0.1) is 11.3 Å². The van der Waals surface area contributed by atoms with Gasteiger partial charge in [-0.3, -0.25) is 0 Å². The second kappa shape index (κ2) is 5.95. The van der Waals surface area contributed by atoms with E-state index in [-0.39, 0.29) is 6.10 Å². The van der Waals surface area contributed by atoms with E-state index in [0.717, 1.165) is 20.7 Å². The molecule has 18 heavy (non-hydrogen) atoms. The van der Waals surface area contributed by atoms with Crippen molar-refractivity contribution in [2.24, 2.45) is 0 Å². The van der Waals surface area contributed by atoms with Crippen LogP contribution in [0.5, 0.6) is 0 Å². The molecule has 1 aromatic heterocycles. The summed E-state index contributed by atoms with van der Waals surface area (Å²) in [6.07, 6.45) is 0.0721. The molecule has 0 saturated carbocycles. The summed E-state index contributed by atoms with van der Waals surface area (Å²) in [6, 6.07) is 8.25. The molecule has 1 aromatic carbocycles. The van der Waals surface area contributed by atoms with E-state index in [0.29, 0.717) is 6.61 Å². The van der Waals surface area contributed by atoms with Gasteiger partial charge in [0.1, 0.15) is 11.1 Å². The molecule has 4 heteroatoms. The molecule has 1 heterocycles. The Balaban J connectivity index is 2.31. The highest BCUT2D eigenvalue weighted by atomic mass is 79.9.